The Balaban J connectivity index is 2.00. The van der Waals surface area contributed by atoms with Crippen molar-refractivity contribution in [3.8, 4) is 0 Å². The quantitative estimate of drug-likeness (QED) is 0.760. The zero-order valence-electron chi connectivity index (χ0n) is 8.64. The summed E-state index contributed by atoms with van der Waals surface area (Å²) >= 11 is 0. The van der Waals surface area contributed by atoms with Crippen LogP contribution in [0.2, 0.25) is 0 Å². The third-order valence-electron chi connectivity index (χ3n) is 2.90. The summed E-state index contributed by atoms with van der Waals surface area (Å²) in [6.07, 6.45) is 4.90. The van der Waals surface area contributed by atoms with Gasteiger partial charge in [-0.2, -0.15) is 0 Å². The first-order valence-corrected chi connectivity index (χ1v) is 4.99. The predicted octanol–water partition coefficient (Wildman–Crippen LogP) is 1.04. The number of rotatable bonds is 2. The fraction of sp³-hybridized carbons (Fsp3) is 0.600. The number of likely N-dealkylation sites (tertiary alicyclic amines) is 1. The van der Waals surface area contributed by atoms with Gasteiger partial charge in [-0.25, -0.2) is 9.97 Å². The summed E-state index contributed by atoms with van der Waals surface area (Å²) in [4.78, 5) is 10.4. The van der Waals surface area contributed by atoms with Gasteiger partial charge in [-0.15, -0.1) is 0 Å². The van der Waals surface area contributed by atoms with E-state index in [2.05, 4.69) is 28.7 Å². The summed E-state index contributed by atoms with van der Waals surface area (Å²) in [6, 6.07) is 1.37. The van der Waals surface area contributed by atoms with Crippen molar-refractivity contribution in [3.05, 3.63) is 18.0 Å². The maximum absolute atomic E-state index is 5.42. The van der Waals surface area contributed by atoms with Crippen LogP contribution in [0.4, 0.5) is 5.95 Å². The Morgan fingerprint density at radius 2 is 1.93 bits per heavy atom. The summed E-state index contributed by atoms with van der Waals surface area (Å²) in [5, 5.41) is 0. The van der Waals surface area contributed by atoms with Crippen LogP contribution in [-0.2, 0) is 6.54 Å². The molecule has 0 aliphatic carbocycles. The van der Waals surface area contributed by atoms with Crippen molar-refractivity contribution >= 4 is 5.95 Å². The highest BCUT2D eigenvalue weighted by Crippen LogP contribution is 2.26. The number of aromatic nitrogens is 2. The van der Waals surface area contributed by atoms with E-state index in [9.17, 15) is 0 Å². The van der Waals surface area contributed by atoms with Gasteiger partial charge in [0.25, 0.3) is 0 Å². The number of hydrogen-bond acceptors (Lipinski definition) is 4. The molecule has 0 saturated carbocycles. The molecule has 76 valence electrons. The topological polar surface area (TPSA) is 55.0 Å². The van der Waals surface area contributed by atoms with Gasteiger partial charge in [-0.05, 0) is 20.3 Å². The highest BCUT2D eigenvalue weighted by molar-refractivity contribution is 5.17. The third-order valence-corrected chi connectivity index (χ3v) is 2.90. The molecule has 0 bridgehead atoms. The van der Waals surface area contributed by atoms with Gasteiger partial charge < -0.3 is 5.73 Å². The fourth-order valence-electron chi connectivity index (χ4n) is 2.03. The first-order chi connectivity index (χ1) is 6.66. The number of nitrogen functional groups attached to an aromatic ring is 1. The average molecular weight is 192 g/mol. The molecule has 4 heteroatoms. The third kappa shape index (κ3) is 1.70. The lowest BCUT2D eigenvalue weighted by Gasteiger charge is -2.45. The molecule has 1 aromatic rings. The lowest BCUT2D eigenvalue weighted by Crippen LogP contribution is -2.51. The Hall–Kier alpha value is -1.16. The zero-order valence-corrected chi connectivity index (χ0v) is 8.64. The van der Waals surface area contributed by atoms with Crippen LogP contribution in [0.1, 0.15) is 25.8 Å². The number of nitrogens with zero attached hydrogens (tertiary/aromatic N) is 3. The average Bonchev–Trinajstić information content (AvgIpc) is 2.17. The molecule has 14 heavy (non-hydrogen) atoms. The van der Waals surface area contributed by atoms with Gasteiger partial charge >= 0.3 is 0 Å². The maximum atomic E-state index is 5.42. The van der Waals surface area contributed by atoms with Crippen LogP contribution in [-0.4, -0.2) is 27.0 Å². The molecule has 1 aliphatic heterocycles. The molecule has 2 rings (SSSR count). The van der Waals surface area contributed by atoms with Gasteiger partial charge in [0.05, 0.1) is 0 Å². The monoisotopic (exact) mass is 192 g/mol. The number of anilines is 1. The summed E-state index contributed by atoms with van der Waals surface area (Å²) in [5.41, 5.74) is 6.56. The van der Waals surface area contributed by atoms with Crippen molar-refractivity contribution in [1.29, 1.82) is 0 Å². The molecule has 1 aromatic heterocycles. The standard InChI is InChI=1S/C10H16N4/c1-7-3-8(2)14(7)6-9-4-12-10(11)13-5-9/h4-5,7-8H,3,6H2,1-2H3,(H2,11,12,13). The Morgan fingerprint density at radius 1 is 1.36 bits per heavy atom. The minimum atomic E-state index is 0.346. The van der Waals surface area contributed by atoms with E-state index in [0.29, 0.717) is 18.0 Å². The van der Waals surface area contributed by atoms with Crippen LogP contribution in [0.15, 0.2) is 12.4 Å². The number of nitrogens with two attached hydrogens (primary N) is 1. The van der Waals surface area contributed by atoms with Crippen LogP contribution < -0.4 is 5.73 Å². The zero-order chi connectivity index (χ0) is 10.1. The molecule has 2 unspecified atom stereocenters. The van der Waals surface area contributed by atoms with Crippen molar-refractivity contribution < 1.29 is 0 Å². The van der Waals surface area contributed by atoms with Crippen LogP contribution in [0.25, 0.3) is 0 Å². The molecule has 1 aliphatic rings. The minimum Gasteiger partial charge on any atom is -0.368 e. The molecule has 2 atom stereocenters. The molecule has 4 nitrogen and oxygen atoms in total. The van der Waals surface area contributed by atoms with Crippen molar-refractivity contribution in [2.45, 2.75) is 38.9 Å². The van der Waals surface area contributed by atoms with Crippen LogP contribution in [0, 0.1) is 0 Å². The Bertz CT molecular complexity index is 300. The minimum absolute atomic E-state index is 0.346. The van der Waals surface area contributed by atoms with E-state index in [1.165, 1.54) is 6.42 Å². The van der Waals surface area contributed by atoms with Crippen molar-refractivity contribution in [2.24, 2.45) is 0 Å². The van der Waals surface area contributed by atoms with Gasteiger partial charge in [0, 0.05) is 36.6 Å². The second-order valence-electron chi connectivity index (χ2n) is 4.06. The summed E-state index contributed by atoms with van der Waals surface area (Å²) < 4.78 is 0. The van der Waals surface area contributed by atoms with Crippen molar-refractivity contribution in [3.63, 3.8) is 0 Å². The van der Waals surface area contributed by atoms with Crippen LogP contribution in [0.3, 0.4) is 0 Å². The molecule has 0 aromatic carbocycles. The predicted molar refractivity (Wildman–Crippen MR) is 55.5 cm³/mol. The molecule has 2 heterocycles. The van der Waals surface area contributed by atoms with Gasteiger partial charge in [-0.3, -0.25) is 4.90 Å². The largest absolute Gasteiger partial charge is 0.368 e. The first kappa shape index (κ1) is 9.40. The lowest BCUT2D eigenvalue weighted by atomic mass is 9.95. The fourth-order valence-corrected chi connectivity index (χ4v) is 2.03. The summed E-state index contributed by atoms with van der Waals surface area (Å²) in [7, 11) is 0. The van der Waals surface area contributed by atoms with Crippen molar-refractivity contribution in [2.75, 3.05) is 5.73 Å². The Morgan fingerprint density at radius 3 is 2.43 bits per heavy atom. The van der Waals surface area contributed by atoms with Crippen LogP contribution >= 0.6 is 0 Å². The lowest BCUT2D eigenvalue weighted by molar-refractivity contribution is 0.0294. The summed E-state index contributed by atoms with van der Waals surface area (Å²) in [6.45, 7) is 5.43. The molecule has 0 radical (unpaired) electrons. The Labute approximate surface area is 84.2 Å². The van der Waals surface area contributed by atoms with E-state index < -0.39 is 0 Å². The highest BCUT2D eigenvalue weighted by Gasteiger charge is 2.31. The second-order valence-corrected chi connectivity index (χ2v) is 4.06. The van der Waals surface area contributed by atoms with E-state index in [0.717, 1.165) is 12.1 Å². The van der Waals surface area contributed by atoms with E-state index >= 15 is 0 Å². The van der Waals surface area contributed by atoms with Gasteiger partial charge in [0.1, 0.15) is 0 Å². The normalized spacial score (nSPS) is 27.3. The molecule has 2 N–H and O–H groups in total. The molecule has 0 amide bonds. The smallest absolute Gasteiger partial charge is 0.219 e. The van der Waals surface area contributed by atoms with E-state index in [1.807, 2.05) is 0 Å². The highest BCUT2D eigenvalue weighted by atomic mass is 15.2. The summed E-state index contributed by atoms with van der Waals surface area (Å²) in [5.74, 6) is 0.346. The second kappa shape index (κ2) is 3.53. The van der Waals surface area contributed by atoms with Gasteiger partial charge in [-0.1, -0.05) is 0 Å². The number of hydrogen-bond donors (Lipinski definition) is 1. The molecule has 1 fully saturated rings. The SMILES string of the molecule is CC1CC(C)N1Cc1cnc(N)nc1. The Kier molecular flexibility index (Phi) is 2.37. The van der Waals surface area contributed by atoms with Crippen molar-refractivity contribution in [1.82, 2.24) is 14.9 Å². The van der Waals surface area contributed by atoms with E-state index in [-0.39, 0.29) is 0 Å². The van der Waals surface area contributed by atoms with Gasteiger partial charge in [0.2, 0.25) is 5.95 Å². The molecule has 1 saturated heterocycles. The van der Waals surface area contributed by atoms with E-state index in [4.69, 9.17) is 5.73 Å². The van der Waals surface area contributed by atoms with E-state index in [1.54, 1.807) is 12.4 Å². The molecular weight excluding hydrogens is 176 g/mol. The maximum Gasteiger partial charge on any atom is 0.219 e. The molecular formula is C10H16N4. The first-order valence-electron chi connectivity index (χ1n) is 4.99. The van der Waals surface area contributed by atoms with Gasteiger partial charge in [0.15, 0.2) is 0 Å². The van der Waals surface area contributed by atoms with Crippen LogP contribution in [0.5, 0.6) is 0 Å². The molecule has 0 spiro atoms.